The van der Waals surface area contributed by atoms with Crippen molar-refractivity contribution in [3.8, 4) is 17.1 Å². The first kappa shape index (κ1) is 26.4. The molecule has 9 nitrogen and oxygen atoms in total. The van der Waals surface area contributed by atoms with Crippen molar-refractivity contribution in [2.75, 3.05) is 39.1 Å². The molecule has 4 aromatic rings. The monoisotopic (exact) mass is 524 g/mol. The highest BCUT2D eigenvalue weighted by atomic mass is 16.5. The highest BCUT2D eigenvalue weighted by Crippen LogP contribution is 2.24. The van der Waals surface area contributed by atoms with E-state index in [1.165, 1.54) is 32.1 Å². The van der Waals surface area contributed by atoms with Crippen molar-refractivity contribution in [3.63, 3.8) is 0 Å². The number of ether oxygens (including phenoxy) is 1. The summed E-state index contributed by atoms with van der Waals surface area (Å²) in [4.78, 5) is 15.9. The van der Waals surface area contributed by atoms with E-state index in [0.29, 0.717) is 6.54 Å². The van der Waals surface area contributed by atoms with Gasteiger partial charge in [0.15, 0.2) is 0 Å². The van der Waals surface area contributed by atoms with Gasteiger partial charge in [0.25, 0.3) is 0 Å². The number of pyridine rings is 1. The number of hydrogen-bond acceptors (Lipinski definition) is 8. The van der Waals surface area contributed by atoms with E-state index >= 15 is 0 Å². The number of allylic oxidation sites excluding steroid dienone is 1. The van der Waals surface area contributed by atoms with Gasteiger partial charge >= 0.3 is 0 Å². The molecular formula is C30H36N8O. The second kappa shape index (κ2) is 12.5. The number of nitrogens with one attached hydrogen (secondary N) is 3. The lowest BCUT2D eigenvalue weighted by atomic mass is 9.94. The van der Waals surface area contributed by atoms with Crippen molar-refractivity contribution in [1.82, 2.24) is 29.6 Å². The SMILES string of the molecule is CN/C=C(\C=N)c1ccc(CNc2cc(-c3cnc4cc(OCCC5CCN(C)CC5)ccn34)ncn2)cc1. The van der Waals surface area contributed by atoms with E-state index < -0.39 is 0 Å². The lowest BCUT2D eigenvalue weighted by molar-refractivity contribution is 0.187. The summed E-state index contributed by atoms with van der Waals surface area (Å²) in [7, 11) is 4.02. The molecule has 1 aromatic carbocycles. The molecule has 3 N–H and O–H groups in total. The summed E-state index contributed by atoms with van der Waals surface area (Å²) >= 11 is 0. The fourth-order valence-corrected chi connectivity index (χ4v) is 4.90. The van der Waals surface area contributed by atoms with Gasteiger partial charge in [-0.05, 0) is 62.5 Å². The molecule has 39 heavy (non-hydrogen) atoms. The summed E-state index contributed by atoms with van der Waals surface area (Å²) < 4.78 is 8.09. The first-order chi connectivity index (χ1) is 19.1. The molecule has 0 saturated carbocycles. The number of anilines is 1. The largest absolute Gasteiger partial charge is 0.493 e. The second-order valence-corrected chi connectivity index (χ2v) is 9.99. The smallest absolute Gasteiger partial charge is 0.140 e. The molecule has 1 fully saturated rings. The zero-order chi connectivity index (χ0) is 27.0. The Morgan fingerprint density at radius 2 is 1.92 bits per heavy atom. The zero-order valence-corrected chi connectivity index (χ0v) is 22.6. The van der Waals surface area contributed by atoms with Crippen molar-refractivity contribution < 1.29 is 4.74 Å². The van der Waals surface area contributed by atoms with E-state index in [-0.39, 0.29) is 0 Å². The van der Waals surface area contributed by atoms with Crippen LogP contribution in [0.15, 0.2) is 67.4 Å². The highest BCUT2D eigenvalue weighted by molar-refractivity contribution is 6.08. The predicted molar refractivity (Wildman–Crippen MR) is 156 cm³/mol. The Labute approximate surface area is 229 Å². The molecule has 1 aliphatic rings. The molecule has 0 bridgehead atoms. The third kappa shape index (κ3) is 6.61. The van der Waals surface area contributed by atoms with E-state index in [9.17, 15) is 0 Å². The Balaban J connectivity index is 1.20. The lowest BCUT2D eigenvalue weighted by Gasteiger charge is -2.28. The van der Waals surface area contributed by atoms with Gasteiger partial charge in [0, 0.05) is 49.9 Å². The number of aromatic nitrogens is 4. The van der Waals surface area contributed by atoms with Crippen LogP contribution in [0.2, 0.25) is 0 Å². The standard InChI is InChI=1S/C30H36N8O/c1-32-19-25(17-31)24-5-3-23(4-6-24)18-33-29-16-27(35-21-36-29)28-20-34-30-15-26(9-13-38(28)30)39-14-10-22-7-11-37(2)12-8-22/h3-6,9,13,15-17,19-22,31-32H,7-8,10-12,14,18H2,1-2H3,(H,33,35,36)/b25-19+,31-17?. The lowest BCUT2D eigenvalue weighted by Crippen LogP contribution is -2.30. The summed E-state index contributed by atoms with van der Waals surface area (Å²) in [6.07, 6.45) is 12.2. The Hall–Kier alpha value is -4.24. The van der Waals surface area contributed by atoms with Gasteiger partial charge in [-0.3, -0.25) is 4.40 Å². The molecule has 0 aliphatic carbocycles. The number of fused-ring (bicyclic) bond motifs is 1. The van der Waals surface area contributed by atoms with Crippen LogP contribution < -0.4 is 15.4 Å². The van der Waals surface area contributed by atoms with Crippen LogP contribution in [0.3, 0.4) is 0 Å². The van der Waals surface area contributed by atoms with Crippen molar-refractivity contribution >= 4 is 23.3 Å². The molecule has 0 atom stereocenters. The molecule has 9 heteroatoms. The maximum atomic E-state index is 7.58. The molecule has 1 saturated heterocycles. The Kier molecular flexibility index (Phi) is 8.48. The second-order valence-electron chi connectivity index (χ2n) is 9.99. The third-order valence-corrected chi connectivity index (χ3v) is 7.26. The van der Waals surface area contributed by atoms with Crippen LogP contribution in [0.5, 0.6) is 5.75 Å². The Morgan fingerprint density at radius 3 is 2.69 bits per heavy atom. The minimum Gasteiger partial charge on any atom is -0.493 e. The van der Waals surface area contributed by atoms with Gasteiger partial charge in [0.2, 0.25) is 0 Å². The van der Waals surface area contributed by atoms with E-state index in [0.717, 1.165) is 64.2 Å². The van der Waals surface area contributed by atoms with E-state index in [1.54, 1.807) is 6.33 Å². The quantitative estimate of drug-likeness (QED) is 0.244. The topological polar surface area (TPSA) is 103 Å². The maximum absolute atomic E-state index is 7.58. The number of benzene rings is 1. The summed E-state index contributed by atoms with van der Waals surface area (Å²) in [6, 6.07) is 14.0. The first-order valence-electron chi connectivity index (χ1n) is 13.4. The molecule has 5 rings (SSSR count). The minimum absolute atomic E-state index is 0.623. The maximum Gasteiger partial charge on any atom is 0.140 e. The van der Waals surface area contributed by atoms with Gasteiger partial charge in [0.1, 0.15) is 23.5 Å². The van der Waals surface area contributed by atoms with E-state index in [1.807, 2.05) is 60.4 Å². The molecule has 0 amide bonds. The first-order valence-corrected chi connectivity index (χ1v) is 13.4. The molecule has 202 valence electrons. The van der Waals surface area contributed by atoms with Crippen LogP contribution in [0.25, 0.3) is 22.6 Å². The normalized spacial score (nSPS) is 14.9. The molecular weight excluding hydrogens is 488 g/mol. The summed E-state index contributed by atoms with van der Waals surface area (Å²) in [5.41, 5.74) is 5.45. The molecule has 4 heterocycles. The van der Waals surface area contributed by atoms with Crippen molar-refractivity contribution in [2.24, 2.45) is 5.92 Å². The highest BCUT2D eigenvalue weighted by Gasteiger charge is 2.16. The van der Waals surface area contributed by atoms with Gasteiger partial charge in [0.05, 0.1) is 24.2 Å². The molecule has 0 spiro atoms. The van der Waals surface area contributed by atoms with Crippen molar-refractivity contribution in [2.45, 2.75) is 25.8 Å². The number of imidazole rings is 1. The number of likely N-dealkylation sites (tertiary alicyclic amines) is 1. The summed E-state index contributed by atoms with van der Waals surface area (Å²) in [5, 5.41) is 13.9. The molecule has 0 unspecified atom stereocenters. The van der Waals surface area contributed by atoms with Gasteiger partial charge in [-0.25, -0.2) is 15.0 Å². The summed E-state index contributed by atoms with van der Waals surface area (Å²) in [5.74, 6) is 2.34. The average Bonchev–Trinajstić information content (AvgIpc) is 3.40. The average molecular weight is 525 g/mol. The van der Waals surface area contributed by atoms with Crippen LogP contribution in [-0.2, 0) is 6.54 Å². The third-order valence-electron chi connectivity index (χ3n) is 7.26. The van der Waals surface area contributed by atoms with Gasteiger partial charge in [-0.1, -0.05) is 24.3 Å². The fraction of sp³-hybridized carbons (Fsp3) is 0.333. The fourth-order valence-electron chi connectivity index (χ4n) is 4.90. The van der Waals surface area contributed by atoms with Crippen LogP contribution in [0.4, 0.5) is 5.82 Å². The van der Waals surface area contributed by atoms with Gasteiger partial charge in [-0.15, -0.1) is 0 Å². The van der Waals surface area contributed by atoms with Crippen molar-refractivity contribution in [1.29, 1.82) is 5.41 Å². The van der Waals surface area contributed by atoms with Crippen LogP contribution >= 0.6 is 0 Å². The number of hydrogen-bond donors (Lipinski definition) is 3. The van der Waals surface area contributed by atoms with Crippen molar-refractivity contribution in [3.05, 3.63) is 78.5 Å². The van der Waals surface area contributed by atoms with E-state index in [4.69, 9.17) is 10.1 Å². The van der Waals surface area contributed by atoms with Crippen LogP contribution in [0, 0.1) is 11.3 Å². The number of nitrogens with zero attached hydrogens (tertiary/aromatic N) is 5. The molecule has 1 aliphatic heterocycles. The minimum atomic E-state index is 0.623. The van der Waals surface area contributed by atoms with E-state index in [2.05, 4.69) is 49.7 Å². The predicted octanol–water partition coefficient (Wildman–Crippen LogP) is 4.72. The van der Waals surface area contributed by atoms with Crippen LogP contribution in [0.1, 0.15) is 30.4 Å². The van der Waals surface area contributed by atoms with Gasteiger partial charge < -0.3 is 25.7 Å². The Morgan fingerprint density at radius 1 is 1.10 bits per heavy atom. The number of piperidine rings is 1. The molecule has 0 radical (unpaired) electrons. The number of rotatable bonds is 11. The zero-order valence-electron chi connectivity index (χ0n) is 22.6. The Bertz CT molecular complexity index is 1420. The van der Waals surface area contributed by atoms with Gasteiger partial charge in [-0.2, -0.15) is 0 Å². The summed E-state index contributed by atoms with van der Waals surface area (Å²) in [6.45, 7) is 3.72. The molecule has 3 aromatic heterocycles. The van der Waals surface area contributed by atoms with Crippen LogP contribution in [-0.4, -0.2) is 64.3 Å².